The van der Waals surface area contributed by atoms with Crippen LogP contribution in [0.5, 0.6) is 5.75 Å². The normalized spacial score (nSPS) is 19.8. The van der Waals surface area contributed by atoms with Crippen LogP contribution in [0.25, 0.3) is 27.7 Å². The van der Waals surface area contributed by atoms with E-state index in [0.29, 0.717) is 11.4 Å². The number of benzene rings is 2. The van der Waals surface area contributed by atoms with Crippen molar-refractivity contribution in [2.75, 3.05) is 24.2 Å². The number of hydrogen-bond acceptors (Lipinski definition) is 8. The molecule has 10 nitrogen and oxygen atoms in total. The van der Waals surface area contributed by atoms with E-state index >= 15 is 13.6 Å². The Morgan fingerprint density at radius 2 is 1.65 bits per heavy atom. The fraction of sp³-hybridized carbons (Fsp3) is 0.371. The lowest BCUT2D eigenvalue weighted by Gasteiger charge is -2.45. The van der Waals surface area contributed by atoms with Crippen LogP contribution in [0, 0.1) is 11.6 Å². The van der Waals surface area contributed by atoms with E-state index in [2.05, 4.69) is 16.5 Å². The maximum Gasteiger partial charge on any atom is 0.276 e. The third-order valence-electron chi connectivity index (χ3n) is 9.66. The molecule has 0 unspecified atom stereocenters. The van der Waals surface area contributed by atoms with Gasteiger partial charge in [0.25, 0.3) is 5.56 Å². The van der Waals surface area contributed by atoms with Gasteiger partial charge in [-0.3, -0.25) is 14.2 Å². The minimum Gasteiger partial charge on any atom is -0.507 e. The Morgan fingerprint density at radius 3 is 2.20 bits per heavy atom. The molecule has 2 aromatic carbocycles. The number of hydrogen-bond donors (Lipinski definition) is 1. The van der Waals surface area contributed by atoms with Crippen molar-refractivity contribution in [3.63, 3.8) is 0 Å². The second-order valence-corrected chi connectivity index (χ2v) is 15.6. The summed E-state index contributed by atoms with van der Waals surface area (Å²) in [5.74, 6) is -3.08. The van der Waals surface area contributed by atoms with Crippen LogP contribution in [-0.4, -0.2) is 70.3 Å². The molecule has 7 rings (SSSR count). The van der Waals surface area contributed by atoms with Gasteiger partial charge in [-0.15, -0.1) is 0 Å². The summed E-state index contributed by atoms with van der Waals surface area (Å²) in [5, 5.41) is 10.4. The van der Waals surface area contributed by atoms with Gasteiger partial charge in [-0.05, 0) is 63.8 Å². The topological polar surface area (TPSA) is 126 Å². The summed E-state index contributed by atoms with van der Waals surface area (Å²) < 4.78 is 61.6. The summed E-state index contributed by atoms with van der Waals surface area (Å²) in [7, 11) is -4.33. The highest BCUT2D eigenvalue weighted by molar-refractivity contribution is 7.90. The minimum atomic E-state index is -4.33. The van der Waals surface area contributed by atoms with Crippen molar-refractivity contribution in [2.45, 2.75) is 68.3 Å². The van der Waals surface area contributed by atoms with E-state index in [4.69, 9.17) is 11.6 Å². The van der Waals surface area contributed by atoms with Crippen molar-refractivity contribution in [3.05, 3.63) is 81.6 Å². The molecule has 2 aliphatic carbocycles. The second kappa shape index (κ2) is 11.9. The molecule has 1 amide bonds. The van der Waals surface area contributed by atoms with Gasteiger partial charge >= 0.3 is 0 Å². The number of phenols is 1. The lowest BCUT2D eigenvalue weighted by atomic mass is 9.98. The highest BCUT2D eigenvalue weighted by Crippen LogP contribution is 2.50. The zero-order chi connectivity index (χ0) is 35.1. The molecule has 2 aromatic heterocycles. The maximum absolute atomic E-state index is 17.6. The third-order valence-corrected chi connectivity index (χ3v) is 11.1. The number of amides is 1. The van der Waals surface area contributed by atoms with Gasteiger partial charge in [0.15, 0.2) is 20.5 Å². The molecule has 1 saturated heterocycles. The molecule has 1 aliphatic heterocycles. The largest absolute Gasteiger partial charge is 0.507 e. The first-order valence-electron chi connectivity index (χ1n) is 16.1. The number of nitrogens with zero attached hydrogens (tertiary/aromatic N) is 5. The first-order chi connectivity index (χ1) is 23.2. The van der Waals surface area contributed by atoms with Crippen LogP contribution in [0.3, 0.4) is 0 Å². The Hall–Kier alpha value is -4.36. The molecule has 3 aliphatic rings. The number of halogens is 3. The molecule has 4 aromatic rings. The summed E-state index contributed by atoms with van der Waals surface area (Å²) in [6.45, 7) is 7.37. The quantitative estimate of drug-likeness (QED) is 0.237. The number of aromatic hydroxyl groups is 1. The van der Waals surface area contributed by atoms with Crippen LogP contribution in [0.2, 0.25) is 5.02 Å². The van der Waals surface area contributed by atoms with Crippen molar-refractivity contribution in [2.24, 2.45) is 0 Å². The number of aromatic nitrogens is 3. The van der Waals surface area contributed by atoms with Crippen LogP contribution >= 0.6 is 11.6 Å². The van der Waals surface area contributed by atoms with Gasteiger partial charge in [0.1, 0.15) is 17.9 Å². The predicted molar refractivity (Wildman–Crippen MR) is 182 cm³/mol. The smallest absolute Gasteiger partial charge is 0.276 e. The number of sulfone groups is 1. The summed E-state index contributed by atoms with van der Waals surface area (Å²) in [4.78, 5) is 39.4. The fourth-order valence-electron chi connectivity index (χ4n) is 7.07. The Morgan fingerprint density at radius 1 is 1.02 bits per heavy atom. The van der Waals surface area contributed by atoms with E-state index in [1.54, 1.807) is 23.6 Å². The van der Waals surface area contributed by atoms with Crippen molar-refractivity contribution >= 4 is 43.9 Å². The molecule has 3 heterocycles. The highest BCUT2D eigenvalue weighted by atomic mass is 35.5. The standard InChI is InChI=1S/C35H34ClF2N5O5S/c1-5-25(45)41-14-18(3)42(15-17(41)2)32-21-13-22(36)26(27-23(37)7-6-8-24(27)44)28(38)31(21)43(35(46)34(32)49(4,47)48)33-29(19-9-10-19)39-16-40-30(33)20-11-12-20/h5-8,13,16-20,44H,1,9-12,14-15H2,2-4H3/t17-,18+/m1/s1. The van der Waals surface area contributed by atoms with E-state index < -0.39 is 60.9 Å². The second-order valence-electron chi connectivity index (χ2n) is 13.3. The molecule has 3 fully saturated rings. The summed E-state index contributed by atoms with van der Waals surface area (Å²) in [6.07, 6.45) is 6.60. The van der Waals surface area contributed by atoms with E-state index in [9.17, 15) is 18.3 Å². The summed E-state index contributed by atoms with van der Waals surface area (Å²) in [6, 6.07) is 3.83. The van der Waals surface area contributed by atoms with Crippen LogP contribution in [0.1, 0.15) is 62.8 Å². The number of anilines is 1. The molecular weight excluding hydrogens is 676 g/mol. The van der Waals surface area contributed by atoms with Gasteiger partial charge in [0.05, 0.1) is 38.9 Å². The van der Waals surface area contributed by atoms with Crippen LogP contribution in [0.4, 0.5) is 14.5 Å². The average molecular weight is 710 g/mol. The van der Waals surface area contributed by atoms with E-state index in [1.807, 2.05) is 0 Å². The molecule has 256 valence electrons. The predicted octanol–water partition coefficient (Wildman–Crippen LogP) is 5.85. The zero-order valence-corrected chi connectivity index (χ0v) is 28.7. The van der Waals surface area contributed by atoms with Gasteiger partial charge in [-0.2, -0.15) is 0 Å². The summed E-state index contributed by atoms with van der Waals surface area (Å²) >= 11 is 6.77. The van der Waals surface area contributed by atoms with Crippen LogP contribution < -0.4 is 10.5 Å². The van der Waals surface area contributed by atoms with Crippen molar-refractivity contribution < 1.29 is 27.1 Å². The van der Waals surface area contributed by atoms with Crippen molar-refractivity contribution in [3.8, 4) is 22.6 Å². The molecular formula is C35H34ClF2N5O5S. The molecule has 0 bridgehead atoms. The molecule has 14 heteroatoms. The first-order valence-corrected chi connectivity index (χ1v) is 18.3. The summed E-state index contributed by atoms with van der Waals surface area (Å²) in [5.41, 5.74) is -1.23. The molecule has 49 heavy (non-hydrogen) atoms. The number of pyridine rings is 1. The van der Waals surface area contributed by atoms with Crippen molar-refractivity contribution in [1.29, 1.82) is 0 Å². The average Bonchev–Trinajstić information content (AvgIpc) is 3.96. The minimum absolute atomic E-state index is 0.0167. The van der Waals surface area contributed by atoms with Gasteiger partial charge < -0.3 is 14.9 Å². The number of fused-ring (bicyclic) bond motifs is 1. The number of phenolic OH excluding ortho intramolecular Hbond substituents is 1. The monoisotopic (exact) mass is 709 g/mol. The van der Waals surface area contributed by atoms with Gasteiger partial charge in [-0.1, -0.05) is 24.2 Å². The Bertz CT molecular complexity index is 2200. The third kappa shape index (κ3) is 5.47. The lowest BCUT2D eigenvalue weighted by molar-refractivity contribution is -0.128. The Balaban J connectivity index is 1.66. The number of piperazine rings is 1. The van der Waals surface area contributed by atoms with E-state index in [1.165, 1.54) is 30.6 Å². The van der Waals surface area contributed by atoms with Gasteiger partial charge in [0.2, 0.25) is 5.91 Å². The molecule has 2 atom stereocenters. The van der Waals surface area contributed by atoms with Gasteiger partial charge in [-0.25, -0.2) is 27.2 Å². The first kappa shape index (κ1) is 33.2. The molecule has 2 saturated carbocycles. The SMILES string of the molecule is C=CC(=O)N1C[C@H](C)N(c2c(S(C)(=O)=O)c(=O)n(-c3c(C4CC4)ncnc3C3CC3)c3c(F)c(-c4c(O)cccc4F)c(Cl)cc23)C[C@H]1C. The van der Waals surface area contributed by atoms with Crippen LogP contribution in [-0.2, 0) is 14.6 Å². The fourth-order valence-corrected chi connectivity index (χ4v) is 8.34. The lowest BCUT2D eigenvalue weighted by Crippen LogP contribution is -2.58. The molecule has 1 N–H and O–H groups in total. The van der Waals surface area contributed by atoms with E-state index in [0.717, 1.165) is 42.6 Å². The molecule has 0 radical (unpaired) electrons. The van der Waals surface area contributed by atoms with Crippen LogP contribution in [0.15, 0.2) is 52.9 Å². The number of carbonyl (C=O) groups is 1. The zero-order valence-electron chi connectivity index (χ0n) is 27.1. The Labute approximate surface area is 286 Å². The maximum atomic E-state index is 17.6. The van der Waals surface area contributed by atoms with Gasteiger partial charge in [0, 0.05) is 54.2 Å². The Kier molecular flexibility index (Phi) is 8.05. The van der Waals surface area contributed by atoms with Crippen molar-refractivity contribution in [1.82, 2.24) is 19.4 Å². The number of carbonyl (C=O) groups excluding carboxylic acids is 1. The van der Waals surface area contributed by atoms with E-state index in [-0.39, 0.29) is 58.1 Å². The molecule has 0 spiro atoms. The highest BCUT2D eigenvalue weighted by Gasteiger charge is 2.41. The number of rotatable bonds is 7.